The van der Waals surface area contributed by atoms with E-state index in [1.54, 1.807) is 0 Å². The topological polar surface area (TPSA) is 48.4 Å². The van der Waals surface area contributed by atoms with Crippen molar-refractivity contribution in [2.24, 2.45) is 0 Å². The quantitative estimate of drug-likeness (QED) is 0.304. The molecule has 3 aromatic rings. The molecule has 1 aromatic heterocycles. The van der Waals surface area contributed by atoms with Gasteiger partial charge >= 0.3 is 0 Å². The van der Waals surface area contributed by atoms with Gasteiger partial charge < -0.3 is 14.9 Å². The van der Waals surface area contributed by atoms with Crippen LogP contribution in [0.5, 0.6) is 5.75 Å². The van der Waals surface area contributed by atoms with Gasteiger partial charge in [-0.2, -0.15) is 0 Å². The van der Waals surface area contributed by atoms with E-state index in [2.05, 4.69) is 19.1 Å². The molecule has 3 nitrogen and oxygen atoms in total. The molecule has 132 valence electrons. The number of alkyl halides is 1. The first kappa shape index (κ1) is 17.7. The fourth-order valence-electron chi connectivity index (χ4n) is 2.98. The molecule has 0 aliphatic carbocycles. The summed E-state index contributed by atoms with van der Waals surface area (Å²) in [5.41, 5.74) is 9.85. The van der Waals surface area contributed by atoms with E-state index in [0.717, 1.165) is 65.0 Å². The number of halogens is 1. The Bertz CT molecular complexity index is 841. The zero-order valence-corrected chi connectivity index (χ0v) is 15.3. The molecule has 2 N–H and O–H groups in total. The van der Waals surface area contributed by atoms with Crippen LogP contribution in [0.2, 0.25) is 0 Å². The van der Waals surface area contributed by atoms with E-state index in [4.69, 9.17) is 26.5 Å². The molecule has 0 saturated carbocycles. The average molecular weight is 358 g/mol. The number of furan rings is 1. The van der Waals surface area contributed by atoms with Gasteiger partial charge in [0.15, 0.2) is 0 Å². The number of unbranched alkanes of at least 4 members (excludes halogenated alkanes) is 1. The molecule has 0 atom stereocenters. The lowest BCUT2D eigenvalue weighted by atomic mass is 9.99. The van der Waals surface area contributed by atoms with E-state index in [9.17, 15) is 0 Å². The smallest absolute Gasteiger partial charge is 0.135 e. The van der Waals surface area contributed by atoms with Gasteiger partial charge in [-0.3, -0.25) is 0 Å². The highest BCUT2D eigenvalue weighted by Crippen LogP contribution is 2.38. The predicted octanol–water partition coefficient (Wildman–Crippen LogP) is 6.03. The van der Waals surface area contributed by atoms with Crippen molar-refractivity contribution in [3.63, 3.8) is 0 Å². The fourth-order valence-corrected chi connectivity index (χ4v) is 3.09. The monoisotopic (exact) mass is 357 g/mol. The Balaban J connectivity index is 2.03. The fraction of sp³-hybridized carbons (Fsp3) is 0.333. The van der Waals surface area contributed by atoms with Crippen LogP contribution in [0.15, 0.2) is 46.9 Å². The summed E-state index contributed by atoms with van der Waals surface area (Å²) in [5, 5.41) is 1.06. The zero-order valence-electron chi connectivity index (χ0n) is 14.6. The Hall–Kier alpha value is -2.13. The van der Waals surface area contributed by atoms with Crippen LogP contribution in [0.4, 0.5) is 5.69 Å². The van der Waals surface area contributed by atoms with Gasteiger partial charge in [0.05, 0.1) is 6.61 Å². The van der Waals surface area contributed by atoms with Crippen molar-refractivity contribution >= 4 is 28.3 Å². The van der Waals surface area contributed by atoms with Crippen LogP contribution in [-0.4, -0.2) is 12.5 Å². The molecule has 0 fully saturated rings. The van der Waals surface area contributed by atoms with Gasteiger partial charge in [0.2, 0.25) is 0 Å². The van der Waals surface area contributed by atoms with Gasteiger partial charge in [0.1, 0.15) is 17.1 Å². The summed E-state index contributed by atoms with van der Waals surface area (Å²) in [6.07, 6.45) is 3.96. The van der Waals surface area contributed by atoms with Gasteiger partial charge in [-0.05, 0) is 48.7 Å². The molecule has 0 bridgehead atoms. The van der Waals surface area contributed by atoms with Crippen LogP contribution in [-0.2, 0) is 6.42 Å². The molecule has 4 heteroatoms. The largest absolute Gasteiger partial charge is 0.494 e. The number of nitrogen functional groups attached to an aromatic ring is 1. The summed E-state index contributed by atoms with van der Waals surface area (Å²) in [5.74, 6) is 2.47. The lowest BCUT2D eigenvalue weighted by Gasteiger charge is -2.08. The first-order chi connectivity index (χ1) is 12.2. The van der Waals surface area contributed by atoms with Crippen molar-refractivity contribution in [3.8, 4) is 16.9 Å². The first-order valence-corrected chi connectivity index (χ1v) is 9.36. The molecule has 0 radical (unpaired) electrons. The molecule has 3 rings (SSSR count). The number of fused-ring (bicyclic) bond motifs is 1. The molecule has 0 aliphatic heterocycles. The number of ether oxygens (including phenoxy) is 1. The van der Waals surface area contributed by atoms with Gasteiger partial charge in [-0.25, -0.2) is 0 Å². The van der Waals surface area contributed by atoms with Crippen molar-refractivity contribution < 1.29 is 9.15 Å². The molecule has 0 amide bonds. The Kier molecular flexibility index (Phi) is 5.87. The second-order valence-electron chi connectivity index (χ2n) is 6.18. The molecule has 1 heterocycles. The molecule has 0 aliphatic rings. The van der Waals surface area contributed by atoms with Crippen LogP contribution in [0, 0.1) is 0 Å². The van der Waals surface area contributed by atoms with Crippen molar-refractivity contribution in [2.75, 3.05) is 18.2 Å². The number of nitrogens with two attached hydrogens (primary N) is 1. The summed E-state index contributed by atoms with van der Waals surface area (Å²) in [4.78, 5) is 0. The van der Waals surface area contributed by atoms with Crippen LogP contribution < -0.4 is 10.5 Å². The van der Waals surface area contributed by atoms with Gasteiger partial charge in [0.25, 0.3) is 0 Å². The minimum atomic E-state index is 0.604. The normalized spacial score (nSPS) is 11.1. The van der Waals surface area contributed by atoms with E-state index in [1.807, 2.05) is 30.3 Å². The Labute approximate surface area is 153 Å². The van der Waals surface area contributed by atoms with Crippen LogP contribution in [0.3, 0.4) is 0 Å². The van der Waals surface area contributed by atoms with Crippen LogP contribution in [0.1, 0.15) is 31.9 Å². The maximum Gasteiger partial charge on any atom is 0.135 e. The number of anilines is 1. The molecule has 0 saturated heterocycles. The van der Waals surface area contributed by atoms with Crippen LogP contribution in [0.25, 0.3) is 22.1 Å². The van der Waals surface area contributed by atoms with Gasteiger partial charge in [0, 0.05) is 28.9 Å². The van der Waals surface area contributed by atoms with Crippen molar-refractivity contribution in [3.05, 3.63) is 48.2 Å². The Morgan fingerprint density at radius 1 is 1.12 bits per heavy atom. The average Bonchev–Trinajstić information content (AvgIpc) is 2.98. The number of aryl methyl sites for hydroxylation is 1. The van der Waals surface area contributed by atoms with Crippen molar-refractivity contribution in [1.82, 2.24) is 0 Å². The minimum absolute atomic E-state index is 0.604. The summed E-state index contributed by atoms with van der Waals surface area (Å²) < 4.78 is 11.9. The summed E-state index contributed by atoms with van der Waals surface area (Å²) >= 11 is 5.73. The van der Waals surface area contributed by atoms with Gasteiger partial charge in [-0.1, -0.05) is 25.5 Å². The number of benzene rings is 2. The van der Waals surface area contributed by atoms with E-state index in [0.29, 0.717) is 12.5 Å². The van der Waals surface area contributed by atoms with E-state index < -0.39 is 0 Å². The highest BCUT2D eigenvalue weighted by Gasteiger charge is 2.16. The molecule has 0 spiro atoms. The summed E-state index contributed by atoms with van der Waals surface area (Å²) in [7, 11) is 0. The number of hydrogen-bond donors (Lipinski definition) is 1. The zero-order chi connectivity index (χ0) is 17.6. The lowest BCUT2D eigenvalue weighted by Crippen LogP contribution is -1.97. The van der Waals surface area contributed by atoms with E-state index in [1.165, 1.54) is 0 Å². The number of rotatable bonds is 8. The van der Waals surface area contributed by atoms with E-state index >= 15 is 0 Å². The first-order valence-electron chi connectivity index (χ1n) is 8.83. The van der Waals surface area contributed by atoms with Crippen LogP contribution >= 0.6 is 11.6 Å². The molecular weight excluding hydrogens is 334 g/mol. The lowest BCUT2D eigenvalue weighted by molar-refractivity contribution is 0.318. The highest BCUT2D eigenvalue weighted by molar-refractivity contribution is 6.17. The second kappa shape index (κ2) is 8.30. The Morgan fingerprint density at radius 3 is 2.80 bits per heavy atom. The summed E-state index contributed by atoms with van der Waals surface area (Å²) in [6.45, 7) is 2.81. The Morgan fingerprint density at radius 2 is 2.00 bits per heavy atom. The predicted molar refractivity (Wildman–Crippen MR) is 106 cm³/mol. The van der Waals surface area contributed by atoms with Crippen molar-refractivity contribution in [1.29, 1.82) is 0 Å². The highest BCUT2D eigenvalue weighted by atomic mass is 35.5. The standard InChI is InChI=1S/C21H24ClNO2/c1-2-3-8-20-21(18-14-16(23)9-10-19(18)25-20)15-6-4-7-17(13-15)24-12-5-11-22/h4,6-7,9-10,13-14H,2-3,5,8,11-12,23H2,1H3. The van der Waals surface area contributed by atoms with Crippen molar-refractivity contribution in [2.45, 2.75) is 32.6 Å². The summed E-state index contributed by atoms with van der Waals surface area (Å²) in [6, 6.07) is 14.0. The molecule has 2 aromatic carbocycles. The molecule has 25 heavy (non-hydrogen) atoms. The third kappa shape index (κ3) is 4.10. The van der Waals surface area contributed by atoms with Gasteiger partial charge in [-0.15, -0.1) is 11.6 Å². The maximum atomic E-state index is 6.14. The number of hydrogen-bond acceptors (Lipinski definition) is 3. The third-order valence-corrected chi connectivity index (χ3v) is 4.48. The second-order valence-corrected chi connectivity index (χ2v) is 6.56. The third-order valence-electron chi connectivity index (χ3n) is 4.21. The SMILES string of the molecule is CCCCc1oc2ccc(N)cc2c1-c1cccc(OCCCCl)c1. The minimum Gasteiger partial charge on any atom is -0.494 e. The molecular formula is C21H24ClNO2. The molecule has 0 unspecified atom stereocenters. The van der Waals surface area contributed by atoms with E-state index in [-0.39, 0.29) is 0 Å². The maximum absolute atomic E-state index is 6.14.